The fourth-order valence-electron chi connectivity index (χ4n) is 2.32. The number of thiophene rings is 1. The molecule has 0 aliphatic heterocycles. The molecule has 1 saturated carbocycles. The van der Waals surface area contributed by atoms with Crippen LogP contribution in [0.4, 0.5) is 4.39 Å². The van der Waals surface area contributed by atoms with Gasteiger partial charge in [0.25, 0.3) is 0 Å². The molecule has 2 nitrogen and oxygen atoms in total. The number of halogens is 1. The van der Waals surface area contributed by atoms with E-state index in [0.717, 1.165) is 11.3 Å². The summed E-state index contributed by atoms with van der Waals surface area (Å²) in [6.45, 7) is 0.566. The molecule has 1 N–H and O–H groups in total. The van der Waals surface area contributed by atoms with Crippen LogP contribution in [0.25, 0.3) is 0 Å². The van der Waals surface area contributed by atoms with E-state index in [1.165, 1.54) is 6.07 Å². The summed E-state index contributed by atoms with van der Waals surface area (Å²) in [6, 6.07) is 10.7. The van der Waals surface area contributed by atoms with Gasteiger partial charge in [-0.15, -0.1) is 11.3 Å². The van der Waals surface area contributed by atoms with E-state index in [1.54, 1.807) is 23.5 Å². The van der Waals surface area contributed by atoms with E-state index in [2.05, 4.69) is 5.32 Å². The third-order valence-electron chi connectivity index (χ3n) is 3.45. The minimum absolute atomic E-state index is 0.0293. The van der Waals surface area contributed by atoms with Gasteiger partial charge in [0, 0.05) is 10.8 Å². The molecule has 19 heavy (non-hydrogen) atoms. The van der Waals surface area contributed by atoms with Gasteiger partial charge < -0.3 is 5.32 Å². The first-order chi connectivity index (χ1) is 9.25. The van der Waals surface area contributed by atoms with E-state index < -0.39 is 0 Å². The van der Waals surface area contributed by atoms with Crippen LogP contribution in [0, 0.1) is 11.7 Å². The van der Waals surface area contributed by atoms with Gasteiger partial charge >= 0.3 is 0 Å². The Bertz CT molecular complexity index is 582. The lowest BCUT2D eigenvalue weighted by atomic mass is 10.1. The van der Waals surface area contributed by atoms with Gasteiger partial charge in [-0.3, -0.25) is 4.79 Å². The first kappa shape index (κ1) is 12.4. The minimum atomic E-state index is -0.207. The predicted octanol–water partition coefficient (Wildman–Crippen LogP) is 3.31. The molecule has 1 amide bonds. The van der Waals surface area contributed by atoms with Crippen molar-refractivity contribution >= 4 is 17.2 Å². The summed E-state index contributed by atoms with van der Waals surface area (Å²) in [4.78, 5) is 13.1. The number of carbonyl (C=O) groups excluding carboxylic acids is 1. The van der Waals surface area contributed by atoms with Crippen molar-refractivity contribution in [2.45, 2.75) is 18.9 Å². The van der Waals surface area contributed by atoms with Gasteiger partial charge in [0.15, 0.2) is 0 Å². The lowest BCUT2D eigenvalue weighted by molar-refractivity contribution is -0.122. The zero-order valence-corrected chi connectivity index (χ0v) is 11.1. The molecule has 0 spiro atoms. The number of carbonyl (C=O) groups is 1. The maximum absolute atomic E-state index is 13.6. The first-order valence-corrected chi connectivity index (χ1v) is 7.18. The summed E-state index contributed by atoms with van der Waals surface area (Å²) in [7, 11) is 0. The van der Waals surface area contributed by atoms with Gasteiger partial charge in [-0.2, -0.15) is 0 Å². The van der Waals surface area contributed by atoms with Gasteiger partial charge in [-0.05, 0) is 35.4 Å². The molecule has 1 fully saturated rings. The highest BCUT2D eigenvalue weighted by Crippen LogP contribution is 2.48. The standard InChI is InChI=1S/C15H14FNOS/c16-14-6-2-1-5-11(14)12-8-13(12)15(18)17-9-10-4-3-7-19-10/h1-7,12-13H,8-9H2,(H,17,18). The normalized spacial score (nSPS) is 21.1. The van der Waals surface area contributed by atoms with E-state index in [-0.39, 0.29) is 23.6 Å². The SMILES string of the molecule is O=C(NCc1cccs1)C1CC1c1ccccc1F. The second-order valence-corrected chi connectivity index (χ2v) is 5.80. The van der Waals surface area contributed by atoms with Gasteiger partial charge in [0.1, 0.15) is 5.82 Å². The zero-order valence-electron chi connectivity index (χ0n) is 10.3. The van der Waals surface area contributed by atoms with Crippen molar-refractivity contribution in [3.8, 4) is 0 Å². The number of hydrogen-bond acceptors (Lipinski definition) is 2. The Labute approximate surface area is 115 Å². The van der Waals surface area contributed by atoms with Crippen molar-refractivity contribution in [2.75, 3.05) is 0 Å². The van der Waals surface area contributed by atoms with Gasteiger partial charge in [0.05, 0.1) is 6.54 Å². The van der Waals surface area contributed by atoms with Crippen molar-refractivity contribution in [1.82, 2.24) is 5.32 Å². The highest BCUT2D eigenvalue weighted by molar-refractivity contribution is 7.09. The molecule has 1 aliphatic carbocycles. The number of amides is 1. The summed E-state index contributed by atoms with van der Waals surface area (Å²) in [5.74, 6) is -0.205. The second kappa shape index (κ2) is 5.13. The molecule has 1 heterocycles. The largest absolute Gasteiger partial charge is 0.351 e. The van der Waals surface area contributed by atoms with Gasteiger partial charge in [-0.1, -0.05) is 24.3 Å². The second-order valence-electron chi connectivity index (χ2n) is 4.77. The summed E-state index contributed by atoms with van der Waals surface area (Å²) < 4.78 is 13.6. The van der Waals surface area contributed by atoms with Gasteiger partial charge in [0.2, 0.25) is 5.91 Å². The average Bonchev–Trinajstić information content (AvgIpc) is 3.04. The molecule has 3 rings (SSSR count). The van der Waals surface area contributed by atoms with Crippen LogP contribution in [0.5, 0.6) is 0 Å². The Morgan fingerprint density at radius 2 is 2.16 bits per heavy atom. The molecule has 2 atom stereocenters. The highest BCUT2D eigenvalue weighted by atomic mass is 32.1. The molecule has 4 heteroatoms. The van der Waals surface area contributed by atoms with E-state index in [0.29, 0.717) is 12.1 Å². The fourth-order valence-corrected chi connectivity index (χ4v) is 2.97. The Morgan fingerprint density at radius 3 is 2.89 bits per heavy atom. The van der Waals surface area contributed by atoms with Crippen LogP contribution in [-0.4, -0.2) is 5.91 Å². The molecule has 0 radical (unpaired) electrons. The third-order valence-corrected chi connectivity index (χ3v) is 4.33. The molecular formula is C15H14FNOS. The average molecular weight is 275 g/mol. The monoisotopic (exact) mass is 275 g/mol. The lowest BCUT2D eigenvalue weighted by Crippen LogP contribution is -2.24. The molecule has 1 aliphatic rings. The van der Waals surface area contributed by atoms with E-state index >= 15 is 0 Å². The number of rotatable bonds is 4. The van der Waals surface area contributed by atoms with Crippen LogP contribution in [0.2, 0.25) is 0 Å². The fraction of sp³-hybridized carbons (Fsp3) is 0.267. The van der Waals surface area contributed by atoms with Crippen LogP contribution in [-0.2, 0) is 11.3 Å². The third kappa shape index (κ3) is 2.68. The van der Waals surface area contributed by atoms with Crippen LogP contribution in [0.15, 0.2) is 41.8 Å². The van der Waals surface area contributed by atoms with Crippen molar-refractivity contribution in [3.05, 3.63) is 58.0 Å². The van der Waals surface area contributed by atoms with Crippen molar-refractivity contribution in [2.24, 2.45) is 5.92 Å². The molecule has 0 bridgehead atoms. The summed E-state index contributed by atoms with van der Waals surface area (Å²) >= 11 is 1.62. The van der Waals surface area contributed by atoms with Crippen LogP contribution in [0.1, 0.15) is 22.8 Å². The summed E-state index contributed by atoms with van der Waals surface area (Å²) in [5, 5.41) is 4.90. The first-order valence-electron chi connectivity index (χ1n) is 6.30. The molecule has 0 saturated heterocycles. The maximum Gasteiger partial charge on any atom is 0.224 e. The Morgan fingerprint density at radius 1 is 1.32 bits per heavy atom. The van der Waals surface area contributed by atoms with Crippen molar-refractivity contribution < 1.29 is 9.18 Å². The number of benzene rings is 1. The maximum atomic E-state index is 13.6. The van der Waals surface area contributed by atoms with E-state index in [4.69, 9.17) is 0 Å². The minimum Gasteiger partial charge on any atom is -0.351 e. The lowest BCUT2D eigenvalue weighted by Gasteiger charge is -2.04. The van der Waals surface area contributed by atoms with E-state index in [1.807, 2.05) is 23.6 Å². The molecule has 1 aromatic carbocycles. The number of nitrogens with one attached hydrogen (secondary N) is 1. The van der Waals surface area contributed by atoms with Crippen molar-refractivity contribution in [1.29, 1.82) is 0 Å². The smallest absolute Gasteiger partial charge is 0.224 e. The summed E-state index contributed by atoms with van der Waals surface area (Å²) in [5.41, 5.74) is 0.666. The molecule has 1 aromatic heterocycles. The number of hydrogen-bond donors (Lipinski definition) is 1. The molecule has 2 aromatic rings. The van der Waals surface area contributed by atoms with Crippen LogP contribution < -0.4 is 5.32 Å². The molecular weight excluding hydrogens is 261 g/mol. The topological polar surface area (TPSA) is 29.1 Å². The van der Waals surface area contributed by atoms with Crippen LogP contribution >= 0.6 is 11.3 Å². The quantitative estimate of drug-likeness (QED) is 0.911. The van der Waals surface area contributed by atoms with Crippen LogP contribution in [0.3, 0.4) is 0 Å². The molecule has 2 unspecified atom stereocenters. The van der Waals surface area contributed by atoms with Crippen molar-refractivity contribution in [3.63, 3.8) is 0 Å². The van der Waals surface area contributed by atoms with E-state index in [9.17, 15) is 9.18 Å². The zero-order chi connectivity index (χ0) is 13.2. The Kier molecular flexibility index (Phi) is 3.34. The summed E-state index contributed by atoms with van der Waals surface area (Å²) in [6.07, 6.45) is 0.747. The highest BCUT2D eigenvalue weighted by Gasteiger charge is 2.44. The predicted molar refractivity (Wildman–Crippen MR) is 73.4 cm³/mol. The Balaban J connectivity index is 1.57. The molecule has 98 valence electrons. The Hall–Kier alpha value is -1.68. The van der Waals surface area contributed by atoms with Gasteiger partial charge in [-0.25, -0.2) is 4.39 Å².